The number of carbonyl (C=O) groups is 1. The summed E-state index contributed by atoms with van der Waals surface area (Å²) in [6, 6.07) is 4.06. The molecule has 144 valence electrons. The molecule has 5 nitrogen and oxygen atoms in total. The Bertz CT molecular complexity index is 842. The van der Waals surface area contributed by atoms with E-state index < -0.39 is 0 Å². The second kappa shape index (κ2) is 6.32. The molecule has 4 bridgehead atoms. The van der Waals surface area contributed by atoms with Gasteiger partial charge in [-0.05, 0) is 88.7 Å². The van der Waals surface area contributed by atoms with Crippen LogP contribution in [0.4, 0.5) is 0 Å². The van der Waals surface area contributed by atoms with E-state index in [1.165, 1.54) is 32.1 Å². The van der Waals surface area contributed by atoms with Gasteiger partial charge in [-0.1, -0.05) is 0 Å². The fourth-order valence-corrected chi connectivity index (χ4v) is 6.49. The average Bonchev–Trinajstić information content (AvgIpc) is 3.00. The first-order valence-electron chi connectivity index (χ1n) is 10.6. The monoisotopic (exact) mass is 366 g/mol. The number of hydrogen-bond acceptors (Lipinski definition) is 3. The predicted molar refractivity (Wildman–Crippen MR) is 105 cm³/mol. The summed E-state index contributed by atoms with van der Waals surface area (Å²) in [5, 5.41) is 3.33. The van der Waals surface area contributed by atoms with Crippen LogP contribution in [0.3, 0.4) is 0 Å². The minimum Gasteiger partial charge on any atom is -0.346 e. The Morgan fingerprint density at radius 1 is 1.11 bits per heavy atom. The van der Waals surface area contributed by atoms with Gasteiger partial charge in [-0.2, -0.15) is 0 Å². The largest absolute Gasteiger partial charge is 0.346 e. The molecule has 0 spiro atoms. The fourth-order valence-electron chi connectivity index (χ4n) is 6.49. The van der Waals surface area contributed by atoms with E-state index in [1.807, 2.05) is 18.3 Å². The topological polar surface area (TPSA) is 59.8 Å². The highest BCUT2D eigenvalue weighted by Gasteiger charge is 2.50. The van der Waals surface area contributed by atoms with Gasteiger partial charge >= 0.3 is 0 Å². The Hall–Kier alpha value is -1.91. The highest BCUT2D eigenvalue weighted by molar-refractivity contribution is 5.80. The number of carbonyl (C=O) groups excluding carboxylic acids is 1. The number of pyridine rings is 1. The highest BCUT2D eigenvalue weighted by Crippen LogP contribution is 2.56. The van der Waals surface area contributed by atoms with Crippen LogP contribution in [0.25, 0.3) is 11.2 Å². The fraction of sp³-hybridized carbons (Fsp3) is 0.682. The van der Waals surface area contributed by atoms with Crippen molar-refractivity contribution < 1.29 is 4.79 Å². The maximum absolute atomic E-state index is 13.2. The summed E-state index contributed by atoms with van der Waals surface area (Å²) >= 11 is 0. The van der Waals surface area contributed by atoms with Crippen molar-refractivity contribution >= 4 is 17.1 Å². The Morgan fingerprint density at radius 3 is 2.41 bits per heavy atom. The summed E-state index contributed by atoms with van der Waals surface area (Å²) in [5.41, 5.74) is 1.80. The van der Waals surface area contributed by atoms with E-state index in [2.05, 4.69) is 35.6 Å². The molecular weight excluding hydrogens is 336 g/mol. The van der Waals surface area contributed by atoms with E-state index in [9.17, 15) is 4.79 Å². The van der Waals surface area contributed by atoms with Crippen molar-refractivity contribution in [2.24, 2.45) is 29.6 Å². The molecule has 0 saturated heterocycles. The molecule has 27 heavy (non-hydrogen) atoms. The van der Waals surface area contributed by atoms with Crippen molar-refractivity contribution in [1.82, 2.24) is 19.9 Å². The summed E-state index contributed by atoms with van der Waals surface area (Å²) < 4.78 is 2.16. The third kappa shape index (κ3) is 2.77. The van der Waals surface area contributed by atoms with Crippen LogP contribution in [0.1, 0.15) is 70.8 Å². The predicted octanol–water partition coefficient (Wildman–Crippen LogP) is 4.26. The number of rotatable bonds is 4. The molecule has 0 radical (unpaired) electrons. The number of imidazole rings is 1. The third-order valence-electron chi connectivity index (χ3n) is 7.27. The quantitative estimate of drug-likeness (QED) is 0.879. The SMILES string of the molecule is CC(NC(=O)C1C2CC3CC(C2)CC1C3)c1nc2cccnc2n1C(C)C. The van der Waals surface area contributed by atoms with E-state index in [4.69, 9.17) is 4.98 Å². The summed E-state index contributed by atoms with van der Waals surface area (Å²) in [7, 11) is 0. The zero-order chi connectivity index (χ0) is 18.7. The van der Waals surface area contributed by atoms with Crippen LogP contribution in [0, 0.1) is 29.6 Å². The van der Waals surface area contributed by atoms with E-state index in [1.54, 1.807) is 0 Å². The van der Waals surface area contributed by atoms with Gasteiger partial charge in [0, 0.05) is 18.2 Å². The molecule has 0 aromatic carbocycles. The Morgan fingerprint density at radius 2 is 1.78 bits per heavy atom. The summed E-state index contributed by atoms with van der Waals surface area (Å²) in [4.78, 5) is 22.6. The number of nitrogens with one attached hydrogen (secondary N) is 1. The van der Waals surface area contributed by atoms with E-state index in [-0.39, 0.29) is 23.9 Å². The summed E-state index contributed by atoms with van der Waals surface area (Å²) in [6.45, 7) is 6.35. The molecule has 6 rings (SSSR count). The Kier molecular flexibility index (Phi) is 4.03. The maximum atomic E-state index is 13.2. The molecule has 4 fully saturated rings. The molecule has 4 aliphatic rings. The molecule has 1 atom stereocenters. The number of hydrogen-bond donors (Lipinski definition) is 1. The minimum absolute atomic E-state index is 0.105. The van der Waals surface area contributed by atoms with Crippen LogP contribution in [-0.2, 0) is 4.79 Å². The van der Waals surface area contributed by atoms with Crippen LogP contribution in [-0.4, -0.2) is 20.4 Å². The van der Waals surface area contributed by atoms with Crippen molar-refractivity contribution in [2.45, 2.75) is 65.0 Å². The van der Waals surface area contributed by atoms with Gasteiger partial charge in [0.05, 0.1) is 6.04 Å². The van der Waals surface area contributed by atoms with E-state index in [0.29, 0.717) is 11.8 Å². The molecule has 5 heteroatoms. The molecule has 2 aromatic heterocycles. The second-order valence-electron chi connectivity index (χ2n) is 9.47. The molecule has 2 heterocycles. The van der Waals surface area contributed by atoms with Gasteiger partial charge in [-0.15, -0.1) is 0 Å². The molecule has 4 saturated carbocycles. The van der Waals surface area contributed by atoms with Crippen molar-refractivity contribution in [3.8, 4) is 0 Å². The molecule has 1 unspecified atom stereocenters. The minimum atomic E-state index is -0.105. The van der Waals surface area contributed by atoms with Crippen molar-refractivity contribution in [1.29, 1.82) is 0 Å². The first kappa shape index (κ1) is 17.2. The lowest BCUT2D eigenvalue weighted by Crippen LogP contribution is -2.51. The summed E-state index contributed by atoms with van der Waals surface area (Å²) in [6.07, 6.45) is 8.32. The summed E-state index contributed by atoms with van der Waals surface area (Å²) in [5.74, 6) is 4.39. The lowest BCUT2D eigenvalue weighted by atomic mass is 9.51. The number of nitrogens with zero attached hydrogens (tertiary/aromatic N) is 3. The maximum Gasteiger partial charge on any atom is 0.224 e. The van der Waals surface area contributed by atoms with Crippen LogP contribution >= 0.6 is 0 Å². The van der Waals surface area contributed by atoms with E-state index >= 15 is 0 Å². The van der Waals surface area contributed by atoms with Crippen LogP contribution in [0.5, 0.6) is 0 Å². The Balaban J connectivity index is 1.39. The van der Waals surface area contributed by atoms with Crippen LogP contribution < -0.4 is 5.32 Å². The molecule has 4 aliphatic carbocycles. The van der Waals surface area contributed by atoms with Gasteiger partial charge in [0.2, 0.25) is 5.91 Å². The van der Waals surface area contributed by atoms with Gasteiger partial charge in [-0.3, -0.25) is 4.79 Å². The number of fused-ring (bicyclic) bond motifs is 1. The highest BCUT2D eigenvalue weighted by atomic mass is 16.2. The Labute approximate surface area is 161 Å². The molecule has 0 aliphatic heterocycles. The lowest BCUT2D eigenvalue weighted by Gasteiger charge is -2.53. The number of aromatic nitrogens is 3. The molecular formula is C22H30N4O. The molecule has 1 N–H and O–H groups in total. The van der Waals surface area contributed by atoms with Gasteiger partial charge in [0.15, 0.2) is 5.65 Å². The van der Waals surface area contributed by atoms with Crippen molar-refractivity contribution in [2.75, 3.05) is 0 Å². The zero-order valence-electron chi connectivity index (χ0n) is 16.6. The average molecular weight is 367 g/mol. The lowest BCUT2D eigenvalue weighted by molar-refractivity contribution is -0.138. The first-order valence-corrected chi connectivity index (χ1v) is 10.6. The van der Waals surface area contributed by atoms with Gasteiger partial charge in [0.25, 0.3) is 0 Å². The second-order valence-corrected chi connectivity index (χ2v) is 9.47. The van der Waals surface area contributed by atoms with Gasteiger partial charge in [0.1, 0.15) is 11.3 Å². The standard InChI is InChI=1S/C22H30N4O/c1-12(2)26-20(25-18-5-4-6-23-21(18)26)13(3)24-22(27)19-16-8-14-7-15(10-16)11-17(19)9-14/h4-6,12-17,19H,7-11H2,1-3H3,(H,24,27). The normalized spacial score (nSPS) is 33.0. The van der Waals surface area contributed by atoms with Crippen molar-refractivity contribution in [3.05, 3.63) is 24.2 Å². The van der Waals surface area contributed by atoms with Crippen molar-refractivity contribution in [3.63, 3.8) is 0 Å². The molecule has 2 aromatic rings. The van der Waals surface area contributed by atoms with Crippen LogP contribution in [0.15, 0.2) is 18.3 Å². The molecule has 1 amide bonds. The van der Waals surface area contributed by atoms with Crippen LogP contribution in [0.2, 0.25) is 0 Å². The third-order valence-corrected chi connectivity index (χ3v) is 7.27. The zero-order valence-corrected chi connectivity index (χ0v) is 16.6. The first-order chi connectivity index (χ1) is 13.0. The van der Waals surface area contributed by atoms with E-state index in [0.717, 1.165) is 28.8 Å². The number of amides is 1. The van der Waals surface area contributed by atoms with Gasteiger partial charge in [-0.25, -0.2) is 9.97 Å². The van der Waals surface area contributed by atoms with Gasteiger partial charge < -0.3 is 9.88 Å². The smallest absolute Gasteiger partial charge is 0.224 e.